The molecule has 2 heteroatoms. The molecule has 2 nitrogen and oxygen atoms in total. The number of allylic oxidation sites excluding steroid dienone is 1. The smallest absolute Gasteiger partial charge is 0.0506 e. The molecule has 2 fully saturated rings. The maximum atomic E-state index is 9.68. The molecule has 2 saturated heterocycles. The van der Waals surface area contributed by atoms with E-state index in [1.165, 1.54) is 32.4 Å². The van der Waals surface area contributed by atoms with Gasteiger partial charge >= 0.3 is 0 Å². The van der Waals surface area contributed by atoms with Gasteiger partial charge in [0.15, 0.2) is 0 Å². The summed E-state index contributed by atoms with van der Waals surface area (Å²) >= 11 is 0. The van der Waals surface area contributed by atoms with Crippen LogP contribution in [0.4, 0.5) is 0 Å². The Kier molecular flexibility index (Phi) is 1.80. The molecular formula is C12H19NO. The lowest BCUT2D eigenvalue weighted by Gasteiger charge is -2.39. The molecule has 1 N–H and O–H groups in total. The summed E-state index contributed by atoms with van der Waals surface area (Å²) in [5.41, 5.74) is 1.84. The quantitative estimate of drug-likeness (QED) is 0.636. The zero-order chi connectivity index (χ0) is 9.76. The predicted octanol–water partition coefficient (Wildman–Crippen LogP) is 1.41. The van der Waals surface area contributed by atoms with Gasteiger partial charge in [-0.2, -0.15) is 0 Å². The van der Waals surface area contributed by atoms with Crippen LogP contribution >= 0.6 is 0 Å². The summed E-state index contributed by atoms with van der Waals surface area (Å²) in [7, 11) is 0. The van der Waals surface area contributed by atoms with E-state index in [4.69, 9.17) is 0 Å². The molecule has 3 rings (SSSR count). The first-order valence-electron chi connectivity index (χ1n) is 5.81. The molecule has 0 radical (unpaired) electrons. The summed E-state index contributed by atoms with van der Waals surface area (Å²) in [4.78, 5) is 2.58. The molecule has 0 amide bonds. The summed E-state index contributed by atoms with van der Waals surface area (Å²) in [6.07, 6.45) is 6.10. The van der Waals surface area contributed by atoms with Crippen molar-refractivity contribution in [3.8, 4) is 0 Å². The highest BCUT2D eigenvalue weighted by atomic mass is 16.3. The number of hydrogen-bond donors (Lipinski definition) is 1. The maximum absolute atomic E-state index is 9.68. The fourth-order valence-electron chi connectivity index (χ4n) is 3.98. The lowest BCUT2D eigenvalue weighted by Crippen LogP contribution is -2.42. The monoisotopic (exact) mass is 193 g/mol. The number of nitrogens with zero attached hydrogens (tertiary/aromatic N) is 1. The first kappa shape index (κ1) is 8.93. The minimum Gasteiger partial charge on any atom is -0.396 e. The highest BCUT2D eigenvalue weighted by Gasteiger charge is 2.52. The molecule has 2 aliphatic heterocycles. The van der Waals surface area contributed by atoms with Crippen LogP contribution in [0.1, 0.15) is 26.2 Å². The zero-order valence-corrected chi connectivity index (χ0v) is 8.87. The average molecular weight is 193 g/mol. The molecule has 0 aromatic heterocycles. The van der Waals surface area contributed by atoms with Gasteiger partial charge in [-0.25, -0.2) is 0 Å². The third-order valence-electron chi connectivity index (χ3n) is 4.42. The molecule has 2 heterocycles. The number of aliphatic hydroxyl groups excluding tert-OH is 1. The van der Waals surface area contributed by atoms with Crippen molar-refractivity contribution in [3.05, 3.63) is 11.6 Å². The maximum Gasteiger partial charge on any atom is 0.0506 e. The molecule has 3 atom stereocenters. The van der Waals surface area contributed by atoms with Crippen LogP contribution in [0.25, 0.3) is 0 Å². The highest BCUT2D eigenvalue weighted by molar-refractivity contribution is 5.28. The van der Waals surface area contributed by atoms with E-state index in [0.29, 0.717) is 18.6 Å². The summed E-state index contributed by atoms with van der Waals surface area (Å²) in [6.45, 7) is 5.11. The van der Waals surface area contributed by atoms with Crippen molar-refractivity contribution in [2.75, 3.05) is 19.7 Å². The van der Waals surface area contributed by atoms with E-state index in [2.05, 4.69) is 17.9 Å². The molecule has 3 aliphatic rings. The van der Waals surface area contributed by atoms with E-state index < -0.39 is 0 Å². The Morgan fingerprint density at radius 1 is 1.57 bits per heavy atom. The SMILES string of the molecule is C[C@H]1C=C2CCN3CC[C@@](CO)(C1)[C@@H]23. The van der Waals surface area contributed by atoms with Gasteiger partial charge in [0.2, 0.25) is 0 Å². The van der Waals surface area contributed by atoms with Crippen LogP contribution in [0.2, 0.25) is 0 Å². The van der Waals surface area contributed by atoms with E-state index in [0.717, 1.165) is 0 Å². The summed E-state index contributed by atoms with van der Waals surface area (Å²) in [5.74, 6) is 0.673. The average Bonchev–Trinajstić information content (AvgIpc) is 2.72. The van der Waals surface area contributed by atoms with Crippen molar-refractivity contribution in [1.82, 2.24) is 4.90 Å². The molecule has 0 aromatic carbocycles. The second kappa shape index (κ2) is 2.83. The van der Waals surface area contributed by atoms with E-state index in [1.807, 2.05) is 0 Å². The van der Waals surface area contributed by atoms with E-state index in [9.17, 15) is 5.11 Å². The van der Waals surface area contributed by atoms with Gasteiger partial charge in [0.1, 0.15) is 0 Å². The molecule has 0 unspecified atom stereocenters. The van der Waals surface area contributed by atoms with Crippen LogP contribution in [0, 0.1) is 11.3 Å². The van der Waals surface area contributed by atoms with Crippen molar-refractivity contribution in [3.63, 3.8) is 0 Å². The first-order valence-corrected chi connectivity index (χ1v) is 5.81. The minimum absolute atomic E-state index is 0.222. The second-order valence-corrected chi connectivity index (χ2v) is 5.38. The van der Waals surface area contributed by atoms with Gasteiger partial charge in [-0.1, -0.05) is 18.6 Å². The second-order valence-electron chi connectivity index (χ2n) is 5.38. The van der Waals surface area contributed by atoms with Crippen LogP contribution < -0.4 is 0 Å². The molecule has 0 aromatic rings. The van der Waals surface area contributed by atoms with Gasteiger partial charge in [0.25, 0.3) is 0 Å². The fourth-order valence-corrected chi connectivity index (χ4v) is 3.98. The van der Waals surface area contributed by atoms with Crippen molar-refractivity contribution < 1.29 is 5.11 Å². The van der Waals surface area contributed by atoms with Crippen LogP contribution in [0.3, 0.4) is 0 Å². The Morgan fingerprint density at radius 2 is 2.43 bits per heavy atom. The van der Waals surface area contributed by atoms with Gasteiger partial charge in [-0.15, -0.1) is 0 Å². The standard InChI is InChI=1S/C12H19NO/c1-9-6-10-2-4-13-5-3-12(7-9,8-14)11(10)13/h6,9,11,14H,2-5,7-8H2,1H3/t9-,11+,12-/m0/s1. The van der Waals surface area contributed by atoms with Crippen LogP contribution in [-0.4, -0.2) is 35.7 Å². The molecule has 0 spiro atoms. The number of rotatable bonds is 1. The van der Waals surface area contributed by atoms with Gasteiger partial charge in [-0.3, -0.25) is 4.90 Å². The lowest BCUT2D eigenvalue weighted by molar-refractivity contribution is 0.0786. The van der Waals surface area contributed by atoms with E-state index in [1.54, 1.807) is 5.57 Å². The molecule has 0 bridgehead atoms. The highest BCUT2D eigenvalue weighted by Crippen LogP contribution is 2.51. The summed E-state index contributed by atoms with van der Waals surface area (Å²) in [5, 5.41) is 9.68. The third kappa shape index (κ3) is 0.986. The normalized spacial score (nSPS) is 46.6. The molecule has 78 valence electrons. The van der Waals surface area contributed by atoms with Crippen molar-refractivity contribution in [1.29, 1.82) is 0 Å². The Labute approximate surface area is 85.6 Å². The summed E-state index contributed by atoms with van der Waals surface area (Å²) in [6, 6.07) is 0.601. The lowest BCUT2D eigenvalue weighted by atomic mass is 9.68. The Hall–Kier alpha value is -0.340. The van der Waals surface area contributed by atoms with Gasteiger partial charge in [-0.05, 0) is 31.7 Å². The van der Waals surface area contributed by atoms with Gasteiger partial charge in [0, 0.05) is 18.0 Å². The predicted molar refractivity (Wildman–Crippen MR) is 56.0 cm³/mol. The van der Waals surface area contributed by atoms with Crippen LogP contribution in [-0.2, 0) is 0 Å². The van der Waals surface area contributed by atoms with Crippen molar-refractivity contribution in [2.24, 2.45) is 11.3 Å². The van der Waals surface area contributed by atoms with E-state index >= 15 is 0 Å². The Balaban J connectivity index is 2.03. The molecular weight excluding hydrogens is 174 g/mol. The molecule has 0 saturated carbocycles. The third-order valence-corrected chi connectivity index (χ3v) is 4.42. The van der Waals surface area contributed by atoms with Gasteiger partial charge < -0.3 is 5.11 Å². The van der Waals surface area contributed by atoms with Crippen LogP contribution in [0.5, 0.6) is 0 Å². The Morgan fingerprint density at radius 3 is 3.21 bits per heavy atom. The summed E-state index contributed by atoms with van der Waals surface area (Å²) < 4.78 is 0. The topological polar surface area (TPSA) is 23.5 Å². The van der Waals surface area contributed by atoms with Gasteiger partial charge in [0.05, 0.1) is 6.61 Å². The number of hydrogen-bond acceptors (Lipinski definition) is 2. The molecule has 1 aliphatic carbocycles. The molecule has 14 heavy (non-hydrogen) atoms. The largest absolute Gasteiger partial charge is 0.396 e. The van der Waals surface area contributed by atoms with Crippen LogP contribution in [0.15, 0.2) is 11.6 Å². The number of aliphatic hydroxyl groups is 1. The Bertz CT molecular complexity index is 286. The fraction of sp³-hybridized carbons (Fsp3) is 0.833. The van der Waals surface area contributed by atoms with E-state index in [-0.39, 0.29) is 5.41 Å². The minimum atomic E-state index is 0.222. The first-order chi connectivity index (χ1) is 6.75. The van der Waals surface area contributed by atoms with Crippen molar-refractivity contribution >= 4 is 0 Å². The van der Waals surface area contributed by atoms with Crippen molar-refractivity contribution in [2.45, 2.75) is 32.2 Å². The zero-order valence-electron chi connectivity index (χ0n) is 8.87.